The first kappa shape index (κ1) is 19.2. The average molecular weight is 371 g/mol. The van der Waals surface area contributed by atoms with Gasteiger partial charge >= 0.3 is 0 Å². The van der Waals surface area contributed by atoms with Gasteiger partial charge in [-0.2, -0.15) is 0 Å². The third kappa shape index (κ3) is 3.62. The van der Waals surface area contributed by atoms with Gasteiger partial charge in [0.05, 0.1) is 17.1 Å². The molecule has 0 heterocycles. The summed E-state index contributed by atoms with van der Waals surface area (Å²) in [4.78, 5) is 38.8. The number of rotatable bonds is 6. The number of Topliss-reactive ketones (excluding diaryl/α,β-unsaturated/α-hetero) is 3. The fourth-order valence-electron chi connectivity index (χ4n) is 3.29. The lowest BCUT2D eigenvalue weighted by Gasteiger charge is -2.30. The van der Waals surface area contributed by atoms with E-state index in [-0.39, 0.29) is 17.3 Å². The zero-order valence-electron chi connectivity index (χ0n) is 16.1. The number of carbonyl (C=O) groups is 3. The second-order valence-corrected chi connectivity index (χ2v) is 6.56. The van der Waals surface area contributed by atoms with Gasteiger partial charge in [-0.05, 0) is 57.2 Å². The molecule has 4 nitrogen and oxygen atoms in total. The van der Waals surface area contributed by atoms with Crippen LogP contribution in [-0.2, 0) is 0 Å². The molecule has 28 heavy (non-hydrogen) atoms. The first-order valence-corrected chi connectivity index (χ1v) is 9.02. The van der Waals surface area contributed by atoms with Gasteiger partial charge in [0.1, 0.15) is 0 Å². The van der Waals surface area contributed by atoms with Crippen molar-refractivity contribution in [1.82, 2.24) is 0 Å². The van der Waals surface area contributed by atoms with Gasteiger partial charge in [0.15, 0.2) is 17.3 Å². The van der Waals surface area contributed by atoms with Gasteiger partial charge in [-0.15, -0.1) is 0 Å². The fraction of sp³-hybridized carbons (Fsp3) is 0.125. The van der Waals surface area contributed by atoms with E-state index in [0.717, 1.165) is 0 Å². The molecular weight excluding hydrogens is 350 g/mol. The SMILES string of the molecule is CC(=O)c1ccccc1N(c1ccccc1C(C)=O)c1ccccc1C(C)=O. The molecule has 0 unspecified atom stereocenters. The molecule has 0 saturated carbocycles. The zero-order chi connectivity index (χ0) is 20.3. The van der Waals surface area contributed by atoms with Gasteiger partial charge in [0.2, 0.25) is 0 Å². The number of hydrogen-bond acceptors (Lipinski definition) is 4. The maximum Gasteiger partial charge on any atom is 0.161 e. The van der Waals surface area contributed by atoms with Gasteiger partial charge in [-0.1, -0.05) is 36.4 Å². The molecule has 0 bridgehead atoms. The van der Waals surface area contributed by atoms with Crippen LogP contribution in [0.5, 0.6) is 0 Å². The van der Waals surface area contributed by atoms with Crippen molar-refractivity contribution in [3.63, 3.8) is 0 Å². The summed E-state index contributed by atoms with van der Waals surface area (Å²) in [5.41, 5.74) is 3.41. The molecule has 0 spiro atoms. The number of nitrogens with zero attached hydrogens (tertiary/aromatic N) is 1. The summed E-state index contributed by atoms with van der Waals surface area (Å²) in [6.45, 7) is 4.51. The third-order valence-corrected chi connectivity index (χ3v) is 4.57. The highest BCUT2D eigenvalue weighted by atomic mass is 16.1. The number of carbonyl (C=O) groups excluding carboxylic acids is 3. The molecule has 3 rings (SSSR count). The van der Waals surface area contributed by atoms with Crippen LogP contribution in [0.15, 0.2) is 72.8 Å². The van der Waals surface area contributed by atoms with Crippen LogP contribution in [0, 0.1) is 0 Å². The minimum Gasteiger partial charge on any atom is -0.308 e. The van der Waals surface area contributed by atoms with Crippen molar-refractivity contribution in [1.29, 1.82) is 0 Å². The van der Waals surface area contributed by atoms with Crippen LogP contribution in [0.3, 0.4) is 0 Å². The molecule has 0 aliphatic carbocycles. The Hall–Kier alpha value is -3.53. The second kappa shape index (κ2) is 8.01. The Morgan fingerprint density at radius 1 is 0.500 bits per heavy atom. The lowest BCUT2D eigenvalue weighted by Crippen LogP contribution is -2.18. The standard InChI is InChI=1S/C24H21NO3/c1-16(26)19-10-4-7-13-22(19)25(23-14-8-5-11-20(23)17(2)27)24-15-9-6-12-21(24)18(3)28/h4-15H,1-3H3. The molecule has 0 aromatic heterocycles. The molecule has 4 heteroatoms. The van der Waals surface area contributed by atoms with Crippen molar-refractivity contribution in [3.05, 3.63) is 89.5 Å². The van der Waals surface area contributed by atoms with Crippen LogP contribution >= 0.6 is 0 Å². The number of hydrogen-bond donors (Lipinski definition) is 0. The Balaban J connectivity index is 2.40. The summed E-state index contributed by atoms with van der Waals surface area (Å²) in [6.07, 6.45) is 0. The molecular formula is C24H21NO3. The number of anilines is 3. The third-order valence-electron chi connectivity index (χ3n) is 4.57. The Morgan fingerprint density at radius 3 is 1.00 bits per heavy atom. The van der Waals surface area contributed by atoms with E-state index in [1.54, 1.807) is 36.4 Å². The average Bonchev–Trinajstić information content (AvgIpc) is 2.69. The van der Waals surface area contributed by atoms with Crippen molar-refractivity contribution < 1.29 is 14.4 Å². The van der Waals surface area contributed by atoms with Gasteiger partial charge in [0, 0.05) is 16.7 Å². The maximum absolute atomic E-state index is 12.3. The van der Waals surface area contributed by atoms with E-state index < -0.39 is 0 Å². The van der Waals surface area contributed by atoms with E-state index in [9.17, 15) is 14.4 Å². The van der Waals surface area contributed by atoms with Crippen LogP contribution in [-0.4, -0.2) is 17.3 Å². The molecule has 0 aliphatic heterocycles. The number of para-hydroxylation sites is 3. The van der Waals surface area contributed by atoms with Gasteiger partial charge in [-0.25, -0.2) is 0 Å². The highest BCUT2D eigenvalue weighted by Gasteiger charge is 2.24. The summed E-state index contributed by atoms with van der Waals surface area (Å²) in [5, 5.41) is 0. The molecule has 0 atom stereocenters. The first-order valence-electron chi connectivity index (χ1n) is 9.02. The number of benzene rings is 3. The molecule has 140 valence electrons. The Kier molecular flexibility index (Phi) is 5.50. The molecule has 0 aliphatic rings. The zero-order valence-corrected chi connectivity index (χ0v) is 16.1. The van der Waals surface area contributed by atoms with Crippen LogP contribution in [0.1, 0.15) is 51.8 Å². The normalized spacial score (nSPS) is 10.4. The summed E-state index contributed by atoms with van der Waals surface area (Å²) in [5.74, 6) is -0.288. The van der Waals surface area contributed by atoms with Crippen LogP contribution in [0.25, 0.3) is 0 Å². The van der Waals surface area contributed by atoms with E-state index in [1.807, 2.05) is 41.3 Å². The molecule has 0 N–H and O–H groups in total. The second-order valence-electron chi connectivity index (χ2n) is 6.56. The van der Waals surface area contributed by atoms with Crippen LogP contribution in [0.2, 0.25) is 0 Å². The van der Waals surface area contributed by atoms with E-state index in [0.29, 0.717) is 33.8 Å². The Labute approximate surface area is 164 Å². The molecule has 0 fully saturated rings. The summed E-state index contributed by atoms with van der Waals surface area (Å²) < 4.78 is 0. The molecule has 3 aromatic carbocycles. The summed E-state index contributed by atoms with van der Waals surface area (Å²) >= 11 is 0. The quantitative estimate of drug-likeness (QED) is 0.517. The Bertz CT molecular complexity index is 932. The van der Waals surface area contributed by atoms with E-state index in [1.165, 1.54) is 20.8 Å². The fourth-order valence-corrected chi connectivity index (χ4v) is 3.29. The Morgan fingerprint density at radius 2 is 0.750 bits per heavy atom. The lowest BCUT2D eigenvalue weighted by atomic mass is 10.0. The topological polar surface area (TPSA) is 54.5 Å². The summed E-state index contributed by atoms with van der Waals surface area (Å²) in [6, 6.07) is 21.6. The monoisotopic (exact) mass is 371 g/mol. The predicted octanol–water partition coefficient (Wildman–Crippen LogP) is 5.76. The van der Waals surface area contributed by atoms with Gasteiger partial charge < -0.3 is 4.90 Å². The molecule has 0 saturated heterocycles. The van der Waals surface area contributed by atoms with Crippen molar-refractivity contribution in [2.45, 2.75) is 20.8 Å². The van der Waals surface area contributed by atoms with Crippen LogP contribution in [0.4, 0.5) is 17.1 Å². The van der Waals surface area contributed by atoms with Crippen molar-refractivity contribution in [2.24, 2.45) is 0 Å². The van der Waals surface area contributed by atoms with Gasteiger partial charge in [-0.3, -0.25) is 14.4 Å². The van der Waals surface area contributed by atoms with Crippen molar-refractivity contribution in [2.75, 3.05) is 4.90 Å². The maximum atomic E-state index is 12.3. The highest BCUT2D eigenvalue weighted by molar-refractivity contribution is 6.08. The van der Waals surface area contributed by atoms with E-state index in [4.69, 9.17) is 0 Å². The van der Waals surface area contributed by atoms with Gasteiger partial charge in [0.25, 0.3) is 0 Å². The van der Waals surface area contributed by atoms with Crippen molar-refractivity contribution >= 4 is 34.4 Å². The minimum absolute atomic E-state index is 0.0961. The van der Waals surface area contributed by atoms with E-state index >= 15 is 0 Å². The first-order chi connectivity index (χ1) is 13.4. The van der Waals surface area contributed by atoms with E-state index in [2.05, 4.69) is 0 Å². The summed E-state index contributed by atoms with van der Waals surface area (Å²) in [7, 11) is 0. The van der Waals surface area contributed by atoms with Crippen LogP contribution < -0.4 is 4.90 Å². The highest BCUT2D eigenvalue weighted by Crippen LogP contribution is 2.40. The largest absolute Gasteiger partial charge is 0.308 e. The molecule has 0 amide bonds. The minimum atomic E-state index is -0.0961. The smallest absolute Gasteiger partial charge is 0.161 e. The lowest BCUT2D eigenvalue weighted by molar-refractivity contribution is 0.101. The van der Waals surface area contributed by atoms with Crippen molar-refractivity contribution in [3.8, 4) is 0 Å². The number of ketones is 3. The molecule has 3 aromatic rings. The predicted molar refractivity (Wildman–Crippen MR) is 111 cm³/mol. The molecule has 0 radical (unpaired) electrons.